The van der Waals surface area contributed by atoms with Crippen LogP contribution < -0.4 is 14.8 Å². The maximum atomic E-state index is 11.6. The number of anilines is 2. The van der Waals surface area contributed by atoms with Crippen molar-refractivity contribution >= 4 is 17.4 Å². The summed E-state index contributed by atoms with van der Waals surface area (Å²) >= 11 is 0. The number of likely N-dealkylation sites (N-methyl/N-ethyl adjacent to an activating group) is 1. The second kappa shape index (κ2) is 8.85. The number of pyridine rings is 2. The van der Waals surface area contributed by atoms with Gasteiger partial charge in [0.15, 0.2) is 6.61 Å². The van der Waals surface area contributed by atoms with Crippen molar-refractivity contribution in [3.05, 3.63) is 60.9 Å². The van der Waals surface area contributed by atoms with Gasteiger partial charge in [-0.3, -0.25) is 4.79 Å². The standard InChI is InChI=1S/C21H22N4O3/c1-25(2)21(26)14-28-18-6-4-5-17(11-18)24-19-9-7-15(12-22-19)16-8-10-20(27-3)23-13-16/h4-13H,14H2,1-3H3,(H,22,24). The van der Waals surface area contributed by atoms with Crippen molar-refractivity contribution in [2.45, 2.75) is 0 Å². The largest absolute Gasteiger partial charge is 0.484 e. The summed E-state index contributed by atoms with van der Waals surface area (Å²) in [7, 11) is 4.98. The van der Waals surface area contributed by atoms with Crippen LogP contribution in [0.4, 0.5) is 11.5 Å². The Kier molecular flexibility index (Phi) is 6.06. The summed E-state index contributed by atoms with van der Waals surface area (Å²) < 4.78 is 10.6. The minimum Gasteiger partial charge on any atom is -0.484 e. The van der Waals surface area contributed by atoms with E-state index in [4.69, 9.17) is 9.47 Å². The summed E-state index contributed by atoms with van der Waals surface area (Å²) in [5, 5.41) is 3.23. The Bertz CT molecular complexity index is 925. The van der Waals surface area contributed by atoms with Crippen molar-refractivity contribution in [1.29, 1.82) is 0 Å². The lowest BCUT2D eigenvalue weighted by atomic mass is 10.1. The molecule has 28 heavy (non-hydrogen) atoms. The van der Waals surface area contributed by atoms with Crippen LogP contribution in [-0.2, 0) is 4.79 Å². The van der Waals surface area contributed by atoms with E-state index in [1.54, 1.807) is 39.7 Å². The summed E-state index contributed by atoms with van der Waals surface area (Å²) in [6, 6.07) is 15.0. The minimum atomic E-state index is -0.0939. The smallest absolute Gasteiger partial charge is 0.259 e. The van der Waals surface area contributed by atoms with E-state index in [0.29, 0.717) is 17.4 Å². The van der Waals surface area contributed by atoms with Gasteiger partial charge in [0.25, 0.3) is 5.91 Å². The third kappa shape index (κ3) is 4.97. The predicted octanol–water partition coefficient (Wildman–Crippen LogP) is 3.36. The van der Waals surface area contributed by atoms with Crippen LogP contribution in [0.3, 0.4) is 0 Å². The Hall–Kier alpha value is -3.61. The van der Waals surface area contributed by atoms with Crippen molar-refractivity contribution in [2.75, 3.05) is 33.1 Å². The van der Waals surface area contributed by atoms with Gasteiger partial charge in [-0.05, 0) is 30.3 Å². The van der Waals surface area contributed by atoms with E-state index >= 15 is 0 Å². The molecule has 7 heteroatoms. The van der Waals surface area contributed by atoms with E-state index in [2.05, 4.69) is 15.3 Å². The number of hydrogen-bond acceptors (Lipinski definition) is 6. The Labute approximate surface area is 164 Å². The molecule has 0 saturated heterocycles. The van der Waals surface area contributed by atoms with E-state index in [9.17, 15) is 4.79 Å². The summed E-state index contributed by atoms with van der Waals surface area (Å²) in [6.45, 7) is -0.000697. The molecule has 0 saturated carbocycles. The van der Waals surface area contributed by atoms with E-state index in [1.807, 2.05) is 42.5 Å². The third-order valence-electron chi connectivity index (χ3n) is 4.01. The lowest BCUT2D eigenvalue weighted by Gasteiger charge is -2.12. The molecule has 0 aliphatic carbocycles. The van der Waals surface area contributed by atoms with Crippen molar-refractivity contribution in [3.8, 4) is 22.8 Å². The van der Waals surface area contributed by atoms with Crippen LogP contribution in [-0.4, -0.2) is 48.6 Å². The van der Waals surface area contributed by atoms with E-state index in [1.165, 1.54) is 4.90 Å². The van der Waals surface area contributed by atoms with Crippen LogP contribution in [0.25, 0.3) is 11.1 Å². The van der Waals surface area contributed by atoms with Gasteiger partial charge in [0.05, 0.1) is 7.11 Å². The molecule has 0 radical (unpaired) electrons. The van der Waals surface area contributed by atoms with Crippen LogP contribution in [0, 0.1) is 0 Å². The molecular formula is C21H22N4O3. The number of amides is 1. The lowest BCUT2D eigenvalue weighted by molar-refractivity contribution is -0.130. The summed E-state index contributed by atoms with van der Waals surface area (Å²) in [5.41, 5.74) is 2.74. The molecule has 0 spiro atoms. The average molecular weight is 378 g/mol. The fraction of sp³-hybridized carbons (Fsp3) is 0.190. The Morgan fingerprint density at radius 3 is 2.39 bits per heavy atom. The van der Waals surface area contributed by atoms with Crippen LogP contribution in [0.15, 0.2) is 60.9 Å². The van der Waals surface area contributed by atoms with Gasteiger partial charge in [-0.15, -0.1) is 0 Å². The highest BCUT2D eigenvalue weighted by Gasteiger charge is 2.06. The quantitative estimate of drug-likeness (QED) is 0.679. The molecule has 0 aliphatic rings. The highest BCUT2D eigenvalue weighted by atomic mass is 16.5. The van der Waals surface area contributed by atoms with Gasteiger partial charge >= 0.3 is 0 Å². The van der Waals surface area contributed by atoms with Crippen molar-refractivity contribution < 1.29 is 14.3 Å². The van der Waals surface area contributed by atoms with Crippen LogP contribution >= 0.6 is 0 Å². The fourth-order valence-corrected chi connectivity index (χ4v) is 2.40. The molecule has 0 unspecified atom stereocenters. The first-order valence-electron chi connectivity index (χ1n) is 8.71. The van der Waals surface area contributed by atoms with Crippen LogP contribution in [0.1, 0.15) is 0 Å². The Morgan fingerprint density at radius 1 is 1.04 bits per heavy atom. The number of rotatable bonds is 7. The number of benzene rings is 1. The summed E-state index contributed by atoms with van der Waals surface area (Å²) in [4.78, 5) is 21.8. The van der Waals surface area contributed by atoms with Crippen molar-refractivity contribution in [2.24, 2.45) is 0 Å². The molecule has 0 bridgehead atoms. The first kappa shape index (κ1) is 19.2. The molecule has 3 aromatic rings. The number of hydrogen-bond donors (Lipinski definition) is 1. The number of methoxy groups -OCH3 is 1. The van der Waals surface area contributed by atoms with Gasteiger partial charge < -0.3 is 19.7 Å². The SMILES string of the molecule is COc1ccc(-c2ccc(Nc3cccc(OCC(=O)N(C)C)c3)nc2)cn1. The number of carbonyl (C=O) groups excluding carboxylic acids is 1. The van der Waals surface area contributed by atoms with Crippen LogP contribution in [0.2, 0.25) is 0 Å². The normalized spacial score (nSPS) is 10.2. The van der Waals surface area contributed by atoms with Gasteiger partial charge in [-0.25, -0.2) is 9.97 Å². The molecule has 2 aromatic heterocycles. The van der Waals surface area contributed by atoms with Crippen LogP contribution in [0.5, 0.6) is 11.6 Å². The first-order valence-corrected chi connectivity index (χ1v) is 8.71. The molecule has 2 heterocycles. The van der Waals surface area contributed by atoms with Gasteiger partial charge in [0.1, 0.15) is 11.6 Å². The van der Waals surface area contributed by atoms with E-state index in [0.717, 1.165) is 16.8 Å². The second-order valence-corrected chi connectivity index (χ2v) is 6.25. The zero-order chi connectivity index (χ0) is 19.9. The predicted molar refractivity (Wildman–Crippen MR) is 108 cm³/mol. The minimum absolute atomic E-state index is 0.000697. The number of carbonyl (C=O) groups is 1. The van der Waals surface area contributed by atoms with Gasteiger partial charge in [-0.1, -0.05) is 6.07 Å². The average Bonchev–Trinajstić information content (AvgIpc) is 2.73. The summed E-state index contributed by atoms with van der Waals surface area (Å²) in [6.07, 6.45) is 3.53. The van der Waals surface area contributed by atoms with E-state index in [-0.39, 0.29) is 12.5 Å². The Morgan fingerprint density at radius 2 is 1.79 bits per heavy atom. The number of nitrogens with zero attached hydrogens (tertiary/aromatic N) is 3. The highest BCUT2D eigenvalue weighted by molar-refractivity contribution is 5.77. The van der Waals surface area contributed by atoms with Gasteiger partial charge in [0.2, 0.25) is 5.88 Å². The molecule has 1 amide bonds. The summed E-state index contributed by atoms with van der Waals surface area (Å²) in [5.74, 6) is 1.79. The maximum Gasteiger partial charge on any atom is 0.259 e. The zero-order valence-electron chi connectivity index (χ0n) is 16.0. The van der Waals surface area contributed by atoms with Crippen molar-refractivity contribution in [1.82, 2.24) is 14.9 Å². The van der Waals surface area contributed by atoms with E-state index < -0.39 is 0 Å². The fourth-order valence-electron chi connectivity index (χ4n) is 2.40. The number of aromatic nitrogens is 2. The molecule has 144 valence electrons. The van der Waals surface area contributed by atoms with Crippen molar-refractivity contribution in [3.63, 3.8) is 0 Å². The first-order chi connectivity index (χ1) is 13.5. The monoisotopic (exact) mass is 378 g/mol. The Balaban J connectivity index is 1.65. The van der Waals surface area contributed by atoms with Gasteiger partial charge in [-0.2, -0.15) is 0 Å². The third-order valence-corrected chi connectivity index (χ3v) is 4.01. The number of ether oxygens (including phenoxy) is 2. The van der Waals surface area contributed by atoms with Gasteiger partial charge in [0, 0.05) is 55.4 Å². The molecule has 1 N–H and O–H groups in total. The highest BCUT2D eigenvalue weighted by Crippen LogP contribution is 2.23. The molecule has 0 aliphatic heterocycles. The molecule has 3 rings (SSSR count). The maximum absolute atomic E-state index is 11.6. The molecule has 0 atom stereocenters. The number of nitrogens with one attached hydrogen (secondary N) is 1. The second-order valence-electron chi connectivity index (χ2n) is 6.25. The lowest BCUT2D eigenvalue weighted by Crippen LogP contribution is -2.27. The topological polar surface area (TPSA) is 76.6 Å². The molecule has 1 aromatic carbocycles. The molecule has 0 fully saturated rings. The molecular weight excluding hydrogens is 356 g/mol. The zero-order valence-corrected chi connectivity index (χ0v) is 16.0. The molecule has 7 nitrogen and oxygen atoms in total.